The molecule has 0 aromatic carbocycles. The van der Waals surface area contributed by atoms with E-state index in [2.05, 4.69) is 6.42 Å². The molecule has 1 rings (SSSR count). The minimum Gasteiger partial charge on any atom is -0.501 e. The smallest absolute Gasteiger partial charge is 0.0924 e. The topological polar surface area (TPSA) is 9.23 Å². The summed E-state index contributed by atoms with van der Waals surface area (Å²) in [6, 6.07) is 0. The van der Waals surface area contributed by atoms with Gasteiger partial charge in [0.05, 0.1) is 12.9 Å². The summed E-state index contributed by atoms with van der Waals surface area (Å²) in [7, 11) is 1.69. The van der Waals surface area contributed by atoms with Crippen LogP contribution in [0, 0.1) is 6.42 Å². The first-order chi connectivity index (χ1) is 2.93. The van der Waals surface area contributed by atoms with E-state index in [9.17, 15) is 0 Å². The number of methoxy groups -OCH3 is 1. The van der Waals surface area contributed by atoms with Gasteiger partial charge in [0.2, 0.25) is 0 Å². The summed E-state index contributed by atoms with van der Waals surface area (Å²) in [4.78, 5) is 0. The van der Waals surface area contributed by atoms with Crippen LogP contribution in [0.5, 0.6) is 0 Å². The summed E-state index contributed by atoms with van der Waals surface area (Å²) in [6.45, 7) is 0. The second-order valence-electron chi connectivity index (χ2n) is 1.28. The summed E-state index contributed by atoms with van der Waals surface area (Å²) in [5.74, 6) is 1.09. The van der Waals surface area contributed by atoms with E-state index in [1.807, 2.05) is 6.08 Å². The lowest BCUT2D eigenvalue weighted by molar-refractivity contribution is 0.272. The van der Waals surface area contributed by atoms with Gasteiger partial charge in [0.1, 0.15) is 0 Å². The number of hydrogen-bond donors (Lipinski definition) is 0. The molecule has 1 heteroatoms. The minimum absolute atomic E-state index is 1.02. The molecular weight excluding hydrogens is 76.1 g/mol. The average Bonchev–Trinajstić information content (AvgIpc) is 1.31. The highest BCUT2D eigenvalue weighted by molar-refractivity contribution is 5.16. The monoisotopic (exact) mass is 83.0 g/mol. The van der Waals surface area contributed by atoms with Gasteiger partial charge in [-0.1, -0.05) is 0 Å². The predicted octanol–water partition coefficient (Wildman–Crippen LogP) is 1.12. The molecule has 1 aliphatic rings. The van der Waals surface area contributed by atoms with Crippen molar-refractivity contribution in [2.75, 3.05) is 7.11 Å². The van der Waals surface area contributed by atoms with Gasteiger partial charge in [0, 0.05) is 6.42 Å². The molecule has 0 aliphatic heterocycles. The van der Waals surface area contributed by atoms with E-state index in [1.54, 1.807) is 7.11 Å². The van der Waals surface area contributed by atoms with Crippen LogP contribution in [0.4, 0.5) is 0 Å². The van der Waals surface area contributed by atoms with E-state index in [0.29, 0.717) is 0 Å². The van der Waals surface area contributed by atoms with E-state index >= 15 is 0 Å². The fourth-order valence-electron chi connectivity index (χ4n) is 0.365. The quantitative estimate of drug-likeness (QED) is 0.461. The summed E-state index contributed by atoms with van der Waals surface area (Å²) < 4.78 is 4.82. The van der Waals surface area contributed by atoms with Crippen molar-refractivity contribution in [2.24, 2.45) is 0 Å². The van der Waals surface area contributed by atoms with Crippen LogP contribution in [0.1, 0.15) is 6.42 Å². The lowest BCUT2D eigenvalue weighted by atomic mass is 10.1. The molecule has 0 fully saturated rings. The predicted molar refractivity (Wildman–Crippen MR) is 24.0 cm³/mol. The molecule has 0 aromatic heterocycles. The molecule has 0 heterocycles. The highest BCUT2D eigenvalue weighted by Gasteiger charge is 2.02. The van der Waals surface area contributed by atoms with Crippen LogP contribution >= 0.6 is 0 Å². The van der Waals surface area contributed by atoms with E-state index < -0.39 is 0 Å². The lowest BCUT2D eigenvalue weighted by Gasteiger charge is -2.10. The first kappa shape index (κ1) is 3.72. The van der Waals surface area contributed by atoms with Gasteiger partial charge in [-0.3, -0.25) is 0 Å². The van der Waals surface area contributed by atoms with Crippen LogP contribution in [0.2, 0.25) is 0 Å². The molecule has 1 radical (unpaired) electrons. The Hall–Kier alpha value is -0.460. The van der Waals surface area contributed by atoms with Crippen molar-refractivity contribution in [1.29, 1.82) is 0 Å². The van der Waals surface area contributed by atoms with E-state index in [4.69, 9.17) is 4.74 Å². The number of rotatable bonds is 1. The van der Waals surface area contributed by atoms with E-state index in [0.717, 1.165) is 12.2 Å². The second kappa shape index (κ2) is 1.33. The third-order valence-electron chi connectivity index (χ3n) is 0.885. The highest BCUT2D eigenvalue weighted by atomic mass is 16.5. The Morgan fingerprint density at radius 1 is 1.83 bits per heavy atom. The normalized spacial score (nSPS) is 18.5. The van der Waals surface area contributed by atoms with Crippen LogP contribution in [0.25, 0.3) is 0 Å². The third-order valence-corrected chi connectivity index (χ3v) is 0.885. The van der Waals surface area contributed by atoms with Gasteiger partial charge in [0.15, 0.2) is 0 Å². The van der Waals surface area contributed by atoms with Crippen LogP contribution in [-0.4, -0.2) is 7.11 Å². The van der Waals surface area contributed by atoms with Crippen LogP contribution in [0.3, 0.4) is 0 Å². The van der Waals surface area contributed by atoms with Crippen LogP contribution in [-0.2, 0) is 4.74 Å². The first-order valence-electron chi connectivity index (χ1n) is 2.00. The van der Waals surface area contributed by atoms with Crippen molar-refractivity contribution in [3.05, 3.63) is 18.3 Å². The number of allylic oxidation sites excluding steroid dienone is 2. The average molecular weight is 83.1 g/mol. The molecule has 1 nitrogen and oxygen atoms in total. The van der Waals surface area contributed by atoms with Gasteiger partial charge >= 0.3 is 0 Å². The molecule has 1 aliphatic carbocycles. The summed E-state index contributed by atoms with van der Waals surface area (Å²) >= 11 is 0. The van der Waals surface area contributed by atoms with Crippen molar-refractivity contribution in [3.8, 4) is 0 Å². The van der Waals surface area contributed by atoms with Gasteiger partial charge in [0.25, 0.3) is 0 Å². The Balaban J connectivity index is 2.32. The lowest BCUT2D eigenvalue weighted by Crippen LogP contribution is -1.95. The van der Waals surface area contributed by atoms with Gasteiger partial charge < -0.3 is 4.74 Å². The summed E-state index contributed by atoms with van der Waals surface area (Å²) in [5, 5.41) is 0. The number of hydrogen-bond acceptors (Lipinski definition) is 1. The zero-order valence-corrected chi connectivity index (χ0v) is 3.77. The number of ether oxygens (including phenoxy) is 1. The third kappa shape index (κ3) is 0.402. The Morgan fingerprint density at radius 3 is 2.50 bits per heavy atom. The molecule has 6 heavy (non-hydrogen) atoms. The molecular formula is C5H7O. The molecule has 0 saturated carbocycles. The Morgan fingerprint density at radius 2 is 2.50 bits per heavy atom. The van der Waals surface area contributed by atoms with Crippen LogP contribution in [0.15, 0.2) is 11.8 Å². The SMILES string of the molecule is COC1=C[CH]C1. The Kier molecular flexibility index (Phi) is 0.825. The maximum absolute atomic E-state index is 4.82. The fraction of sp³-hybridized carbons (Fsp3) is 0.400. The minimum atomic E-state index is 1.02. The largest absolute Gasteiger partial charge is 0.501 e. The summed E-state index contributed by atoms with van der Waals surface area (Å²) in [6.07, 6.45) is 5.06. The Labute approximate surface area is 37.6 Å². The van der Waals surface area contributed by atoms with E-state index in [1.165, 1.54) is 0 Å². The molecule has 0 unspecified atom stereocenters. The first-order valence-corrected chi connectivity index (χ1v) is 2.00. The van der Waals surface area contributed by atoms with Gasteiger partial charge in [-0.05, 0) is 12.5 Å². The molecule has 33 valence electrons. The standard InChI is InChI=1S/C5H7O/c1-6-5-3-2-4-5/h2-3H,4H2,1H3. The van der Waals surface area contributed by atoms with Crippen molar-refractivity contribution < 1.29 is 4.74 Å². The molecule has 0 spiro atoms. The van der Waals surface area contributed by atoms with Crippen LogP contribution < -0.4 is 0 Å². The van der Waals surface area contributed by atoms with Gasteiger partial charge in [-0.2, -0.15) is 0 Å². The fourth-order valence-corrected chi connectivity index (χ4v) is 0.365. The molecule has 0 bridgehead atoms. The molecule has 0 atom stereocenters. The summed E-state index contributed by atoms with van der Waals surface area (Å²) in [5.41, 5.74) is 0. The van der Waals surface area contributed by atoms with Crippen molar-refractivity contribution in [2.45, 2.75) is 6.42 Å². The highest BCUT2D eigenvalue weighted by Crippen LogP contribution is 2.15. The molecule has 0 aromatic rings. The molecule has 0 saturated heterocycles. The van der Waals surface area contributed by atoms with Crippen molar-refractivity contribution in [3.63, 3.8) is 0 Å². The van der Waals surface area contributed by atoms with Gasteiger partial charge in [-0.15, -0.1) is 0 Å². The second-order valence-corrected chi connectivity index (χ2v) is 1.28. The maximum Gasteiger partial charge on any atom is 0.0924 e. The van der Waals surface area contributed by atoms with Gasteiger partial charge in [-0.25, -0.2) is 0 Å². The van der Waals surface area contributed by atoms with E-state index in [-0.39, 0.29) is 0 Å². The molecule has 0 amide bonds. The Bertz CT molecular complexity index is 74.0. The maximum atomic E-state index is 4.82. The van der Waals surface area contributed by atoms with Crippen molar-refractivity contribution in [1.82, 2.24) is 0 Å². The zero-order valence-electron chi connectivity index (χ0n) is 3.77. The zero-order chi connectivity index (χ0) is 4.41. The molecule has 0 N–H and O–H groups in total. The van der Waals surface area contributed by atoms with Crippen molar-refractivity contribution >= 4 is 0 Å².